The van der Waals surface area contributed by atoms with Gasteiger partial charge in [0.25, 0.3) is 0 Å². The van der Waals surface area contributed by atoms with Gasteiger partial charge in [-0.3, -0.25) is 10.1 Å². The van der Waals surface area contributed by atoms with Gasteiger partial charge in [-0.1, -0.05) is 30.7 Å². The number of ether oxygens (including phenoxy) is 3. The van der Waals surface area contributed by atoms with E-state index in [0.29, 0.717) is 12.1 Å². The minimum Gasteiger partial charge on any atom is -0.493 e. The molecule has 1 atom stereocenters. The van der Waals surface area contributed by atoms with E-state index in [1.54, 1.807) is 6.92 Å². The van der Waals surface area contributed by atoms with Crippen molar-refractivity contribution in [1.82, 2.24) is 10.6 Å². The molecule has 3 rings (SSSR count). The highest BCUT2D eigenvalue weighted by atomic mass is 16.6. The lowest BCUT2D eigenvalue weighted by atomic mass is 9.94. The maximum Gasteiger partial charge on any atom is 0.338 e. The Bertz CT molecular complexity index is 1190. The van der Waals surface area contributed by atoms with Crippen molar-refractivity contribution in [2.45, 2.75) is 46.8 Å². The first kappa shape index (κ1) is 25.5. The minimum absolute atomic E-state index is 0.0433. The Morgan fingerprint density at radius 3 is 2.57 bits per heavy atom. The molecule has 0 saturated heterocycles. The van der Waals surface area contributed by atoms with E-state index in [4.69, 9.17) is 14.2 Å². The lowest BCUT2D eigenvalue weighted by Gasteiger charge is -2.28. The molecule has 1 aliphatic rings. The molecular weight excluding hydrogens is 454 g/mol. The van der Waals surface area contributed by atoms with Gasteiger partial charge in [-0.25, -0.2) is 9.59 Å². The van der Waals surface area contributed by atoms with E-state index in [1.165, 1.54) is 19.2 Å². The van der Waals surface area contributed by atoms with Crippen molar-refractivity contribution in [3.8, 4) is 11.5 Å². The summed E-state index contributed by atoms with van der Waals surface area (Å²) in [5.74, 6) is -0.567. The van der Waals surface area contributed by atoms with Gasteiger partial charge in [0.05, 0.1) is 30.3 Å². The Balaban J connectivity index is 2.05. The fourth-order valence-electron chi connectivity index (χ4n) is 3.80. The second-order valence-electron chi connectivity index (χ2n) is 8.25. The van der Waals surface area contributed by atoms with Crippen molar-refractivity contribution in [3.05, 3.63) is 74.0 Å². The topological polar surface area (TPSA) is 129 Å². The maximum absolute atomic E-state index is 12.8. The second kappa shape index (κ2) is 10.9. The number of amides is 2. The van der Waals surface area contributed by atoms with Gasteiger partial charge in [0, 0.05) is 11.8 Å². The lowest BCUT2D eigenvalue weighted by molar-refractivity contribution is -0.386. The number of allylic oxidation sites excluding steroid dienone is 1. The number of nitro groups is 1. The fourth-order valence-corrected chi connectivity index (χ4v) is 3.80. The average Bonchev–Trinajstić information content (AvgIpc) is 2.81. The molecule has 0 bridgehead atoms. The number of nitrogens with zero attached hydrogens (tertiary/aromatic N) is 1. The molecule has 0 radical (unpaired) electrons. The van der Waals surface area contributed by atoms with Crippen molar-refractivity contribution in [1.29, 1.82) is 0 Å². The highest BCUT2D eigenvalue weighted by Crippen LogP contribution is 2.42. The summed E-state index contributed by atoms with van der Waals surface area (Å²) in [6.07, 6.45) is 0.619. The molecule has 0 saturated carbocycles. The van der Waals surface area contributed by atoms with Gasteiger partial charge in [-0.05, 0) is 49.9 Å². The van der Waals surface area contributed by atoms with E-state index < -0.39 is 23.0 Å². The van der Waals surface area contributed by atoms with Crippen molar-refractivity contribution >= 4 is 17.7 Å². The Hall–Kier alpha value is -4.08. The first-order chi connectivity index (χ1) is 16.7. The third-order valence-corrected chi connectivity index (χ3v) is 5.61. The first-order valence-corrected chi connectivity index (χ1v) is 11.2. The normalized spacial score (nSPS) is 15.2. The Morgan fingerprint density at radius 1 is 1.17 bits per heavy atom. The molecule has 186 valence electrons. The zero-order valence-corrected chi connectivity index (χ0v) is 20.4. The van der Waals surface area contributed by atoms with Crippen LogP contribution in [0.3, 0.4) is 0 Å². The van der Waals surface area contributed by atoms with Crippen LogP contribution in [0, 0.1) is 24.0 Å². The van der Waals surface area contributed by atoms with Gasteiger partial charge in [0.1, 0.15) is 6.61 Å². The predicted octanol–water partition coefficient (Wildman–Crippen LogP) is 4.38. The van der Waals surface area contributed by atoms with E-state index in [-0.39, 0.29) is 41.5 Å². The van der Waals surface area contributed by atoms with Crippen molar-refractivity contribution < 1.29 is 28.7 Å². The van der Waals surface area contributed by atoms with Crippen LogP contribution in [0.5, 0.6) is 11.5 Å². The number of esters is 1. The average molecular weight is 484 g/mol. The van der Waals surface area contributed by atoms with Gasteiger partial charge in [0.15, 0.2) is 5.75 Å². The van der Waals surface area contributed by atoms with Crippen LogP contribution in [-0.4, -0.2) is 30.6 Å². The number of hydrogen-bond acceptors (Lipinski definition) is 7. The highest BCUT2D eigenvalue weighted by molar-refractivity contribution is 5.95. The molecule has 2 aromatic rings. The fraction of sp³-hybridized carbons (Fsp3) is 0.360. The standard InChI is InChI=1S/C25H29N3O7/c1-6-9-34-24(29)21-16(4)26-25(30)27-22(21)17-11-19(28(31)32)23(20(12-17)33-5)35-13-18-10-14(2)7-8-15(18)3/h7-8,10-12,22H,6,9,13H2,1-5H3,(H2,26,27,30). The molecular formula is C25H29N3O7. The number of aryl methyl sites for hydroxylation is 2. The van der Waals surface area contributed by atoms with Crippen LogP contribution in [0.1, 0.15) is 48.6 Å². The zero-order valence-electron chi connectivity index (χ0n) is 20.4. The number of nitro benzene ring substituents is 1. The molecule has 35 heavy (non-hydrogen) atoms. The van der Waals surface area contributed by atoms with Crippen LogP contribution in [0.2, 0.25) is 0 Å². The Labute approximate surface area is 203 Å². The van der Waals surface area contributed by atoms with Crippen LogP contribution >= 0.6 is 0 Å². The zero-order chi connectivity index (χ0) is 25.7. The van der Waals surface area contributed by atoms with Crippen LogP contribution in [0.4, 0.5) is 10.5 Å². The summed E-state index contributed by atoms with van der Waals surface area (Å²) >= 11 is 0. The summed E-state index contributed by atoms with van der Waals surface area (Å²) in [4.78, 5) is 36.4. The van der Waals surface area contributed by atoms with Crippen LogP contribution in [0.25, 0.3) is 0 Å². The maximum atomic E-state index is 12.8. The number of urea groups is 1. The van der Waals surface area contributed by atoms with Crippen LogP contribution < -0.4 is 20.1 Å². The largest absolute Gasteiger partial charge is 0.493 e. The smallest absolute Gasteiger partial charge is 0.338 e. The Kier molecular flexibility index (Phi) is 7.95. The molecule has 10 heteroatoms. The van der Waals surface area contributed by atoms with Gasteiger partial charge >= 0.3 is 17.7 Å². The quantitative estimate of drug-likeness (QED) is 0.308. The van der Waals surface area contributed by atoms with Crippen molar-refractivity contribution in [3.63, 3.8) is 0 Å². The van der Waals surface area contributed by atoms with E-state index in [1.807, 2.05) is 39.0 Å². The van der Waals surface area contributed by atoms with Gasteiger partial charge in [-0.2, -0.15) is 0 Å². The SMILES string of the molecule is CCCOC(=O)C1=C(C)NC(=O)NC1c1cc(OC)c(OCc2cc(C)ccc2C)c([N+](=O)[O-])c1. The summed E-state index contributed by atoms with van der Waals surface area (Å²) < 4.78 is 16.6. The number of hydrogen-bond donors (Lipinski definition) is 2. The predicted molar refractivity (Wildman–Crippen MR) is 128 cm³/mol. The van der Waals surface area contributed by atoms with Gasteiger partial charge in [0.2, 0.25) is 5.75 Å². The monoisotopic (exact) mass is 483 g/mol. The van der Waals surface area contributed by atoms with E-state index >= 15 is 0 Å². The molecule has 0 fully saturated rings. The lowest BCUT2D eigenvalue weighted by Crippen LogP contribution is -2.45. The molecule has 0 aliphatic carbocycles. The molecule has 2 amide bonds. The minimum atomic E-state index is -0.978. The molecule has 1 aliphatic heterocycles. The molecule has 2 aromatic carbocycles. The summed E-state index contributed by atoms with van der Waals surface area (Å²) in [7, 11) is 1.37. The number of methoxy groups -OCH3 is 1. The first-order valence-electron chi connectivity index (χ1n) is 11.2. The summed E-state index contributed by atoms with van der Waals surface area (Å²) in [5, 5.41) is 17.2. The van der Waals surface area contributed by atoms with Crippen LogP contribution in [0.15, 0.2) is 41.6 Å². The molecule has 0 aromatic heterocycles. The van der Waals surface area contributed by atoms with Crippen LogP contribution in [-0.2, 0) is 16.1 Å². The Morgan fingerprint density at radius 2 is 1.91 bits per heavy atom. The van der Waals surface area contributed by atoms with E-state index in [0.717, 1.165) is 16.7 Å². The second-order valence-corrected chi connectivity index (χ2v) is 8.25. The van der Waals surface area contributed by atoms with Crippen molar-refractivity contribution in [2.75, 3.05) is 13.7 Å². The summed E-state index contributed by atoms with van der Waals surface area (Å²) in [6.45, 7) is 7.61. The third-order valence-electron chi connectivity index (χ3n) is 5.61. The summed E-state index contributed by atoms with van der Waals surface area (Å²) in [5.41, 5.74) is 3.30. The molecule has 1 unspecified atom stereocenters. The highest BCUT2D eigenvalue weighted by Gasteiger charge is 2.35. The van der Waals surface area contributed by atoms with E-state index in [9.17, 15) is 19.7 Å². The number of carbonyl (C=O) groups excluding carboxylic acids is 2. The number of nitrogens with one attached hydrogen (secondary N) is 2. The molecule has 1 heterocycles. The van der Waals surface area contributed by atoms with Gasteiger partial charge in [-0.15, -0.1) is 0 Å². The molecule has 2 N–H and O–H groups in total. The van der Waals surface area contributed by atoms with Gasteiger partial charge < -0.3 is 24.8 Å². The number of rotatable bonds is 9. The molecule has 10 nitrogen and oxygen atoms in total. The number of carbonyl (C=O) groups is 2. The van der Waals surface area contributed by atoms with Crippen molar-refractivity contribution in [2.24, 2.45) is 0 Å². The van der Waals surface area contributed by atoms with E-state index in [2.05, 4.69) is 10.6 Å². The third kappa shape index (κ3) is 5.71. The number of benzene rings is 2. The molecule has 0 spiro atoms. The summed E-state index contributed by atoms with van der Waals surface area (Å²) in [6, 6.07) is 7.15.